The Bertz CT molecular complexity index is 1240. The van der Waals surface area contributed by atoms with Crippen molar-refractivity contribution in [1.82, 2.24) is 9.88 Å². The minimum atomic E-state index is -3.50. The van der Waals surface area contributed by atoms with Gasteiger partial charge in [0, 0.05) is 35.8 Å². The maximum atomic E-state index is 13.4. The molecule has 0 unspecified atom stereocenters. The van der Waals surface area contributed by atoms with E-state index in [-0.39, 0.29) is 27.9 Å². The molecule has 0 saturated heterocycles. The van der Waals surface area contributed by atoms with Crippen molar-refractivity contribution in [2.75, 3.05) is 18.8 Å². The molecule has 2 aromatic carbocycles. The molecule has 1 aliphatic heterocycles. The molecule has 0 radical (unpaired) electrons. The normalized spacial score (nSPS) is 14.7. The number of carbonyl (C=O) groups excluding carboxylic acids is 1. The molecule has 3 aromatic rings. The highest BCUT2D eigenvalue weighted by atomic mass is 32.2. The zero-order valence-electron chi connectivity index (χ0n) is 16.7. The van der Waals surface area contributed by atoms with Gasteiger partial charge >= 0.3 is 0 Å². The number of amides is 1. The largest absolute Gasteiger partial charge is 0.360 e. The van der Waals surface area contributed by atoms with Gasteiger partial charge in [0.05, 0.1) is 16.2 Å². The number of aromatic nitrogens is 1. The molecule has 4 rings (SSSR count). The van der Waals surface area contributed by atoms with Crippen molar-refractivity contribution < 1.29 is 17.6 Å². The SMILES string of the molecule is CCCS(=O)(=O)c1ccccc1C(=O)N1CC=C(c2c[nH]c3cc(F)ccc23)CC1. The van der Waals surface area contributed by atoms with Gasteiger partial charge in [-0.25, -0.2) is 12.8 Å². The van der Waals surface area contributed by atoms with Gasteiger partial charge in [0.1, 0.15) is 5.82 Å². The number of carbonyl (C=O) groups is 1. The number of benzene rings is 2. The number of nitrogens with one attached hydrogen (secondary N) is 1. The molecule has 2 heterocycles. The summed E-state index contributed by atoms with van der Waals surface area (Å²) in [6.07, 6.45) is 4.98. The molecule has 1 aliphatic rings. The Balaban J connectivity index is 1.59. The van der Waals surface area contributed by atoms with Crippen LogP contribution in [0.3, 0.4) is 0 Å². The lowest BCUT2D eigenvalue weighted by atomic mass is 9.98. The number of nitrogens with zero attached hydrogens (tertiary/aromatic N) is 1. The fourth-order valence-corrected chi connectivity index (χ4v) is 5.46. The molecule has 0 saturated carbocycles. The minimum absolute atomic E-state index is 0.0164. The van der Waals surface area contributed by atoms with E-state index in [4.69, 9.17) is 0 Å². The second kappa shape index (κ2) is 8.07. The number of aromatic amines is 1. The average molecular weight is 427 g/mol. The van der Waals surface area contributed by atoms with Gasteiger partial charge < -0.3 is 9.88 Å². The molecule has 156 valence electrons. The zero-order valence-corrected chi connectivity index (χ0v) is 17.5. The van der Waals surface area contributed by atoms with Crippen LogP contribution < -0.4 is 0 Å². The van der Waals surface area contributed by atoms with Crippen molar-refractivity contribution >= 4 is 32.2 Å². The Morgan fingerprint density at radius 1 is 1.20 bits per heavy atom. The van der Waals surface area contributed by atoms with E-state index in [2.05, 4.69) is 4.98 Å². The van der Waals surface area contributed by atoms with Crippen LogP contribution in [0.15, 0.2) is 59.6 Å². The van der Waals surface area contributed by atoms with Crippen LogP contribution in [0.1, 0.15) is 35.7 Å². The molecule has 5 nitrogen and oxygen atoms in total. The standard InChI is InChI=1S/C23H23FN2O3S/c1-2-13-30(28,29)22-6-4-3-5-19(22)23(27)26-11-9-16(10-12-26)20-15-25-21-14-17(24)7-8-18(20)21/h3-9,14-15,25H,2,10-13H2,1H3. The molecule has 0 aliphatic carbocycles. The van der Waals surface area contributed by atoms with Crippen molar-refractivity contribution in [3.63, 3.8) is 0 Å². The van der Waals surface area contributed by atoms with Gasteiger partial charge in [-0.15, -0.1) is 0 Å². The quantitative estimate of drug-likeness (QED) is 0.657. The van der Waals surface area contributed by atoms with Gasteiger partial charge in [0.2, 0.25) is 0 Å². The molecule has 1 amide bonds. The first kappa shape index (κ1) is 20.3. The second-order valence-electron chi connectivity index (χ2n) is 7.44. The Labute approximate surface area is 175 Å². The summed E-state index contributed by atoms with van der Waals surface area (Å²) in [6.45, 7) is 2.68. The summed E-state index contributed by atoms with van der Waals surface area (Å²) in [5, 5.41) is 0.943. The van der Waals surface area contributed by atoms with Crippen LogP contribution in [0.4, 0.5) is 4.39 Å². The van der Waals surface area contributed by atoms with Crippen molar-refractivity contribution in [2.45, 2.75) is 24.7 Å². The third-order valence-electron chi connectivity index (χ3n) is 5.41. The highest BCUT2D eigenvalue weighted by Gasteiger charge is 2.26. The van der Waals surface area contributed by atoms with E-state index < -0.39 is 9.84 Å². The zero-order chi connectivity index (χ0) is 21.3. The van der Waals surface area contributed by atoms with E-state index in [1.54, 1.807) is 36.1 Å². The number of rotatable bonds is 5. The first-order valence-corrected chi connectivity index (χ1v) is 11.6. The van der Waals surface area contributed by atoms with Crippen molar-refractivity contribution in [3.05, 3.63) is 71.7 Å². The molecule has 0 fully saturated rings. The molecule has 1 N–H and O–H groups in total. The summed E-state index contributed by atoms with van der Waals surface area (Å²) in [4.78, 5) is 18.0. The second-order valence-corrected chi connectivity index (χ2v) is 9.52. The van der Waals surface area contributed by atoms with Crippen molar-refractivity contribution in [3.8, 4) is 0 Å². The van der Waals surface area contributed by atoms with Gasteiger partial charge in [-0.05, 0) is 48.7 Å². The smallest absolute Gasteiger partial charge is 0.255 e. The van der Waals surface area contributed by atoms with Crippen LogP contribution in [-0.4, -0.2) is 43.1 Å². The maximum Gasteiger partial charge on any atom is 0.255 e. The van der Waals surface area contributed by atoms with E-state index in [9.17, 15) is 17.6 Å². The summed E-state index contributed by atoms with van der Waals surface area (Å²) >= 11 is 0. The molecule has 0 spiro atoms. The number of hydrogen-bond acceptors (Lipinski definition) is 3. The van der Waals surface area contributed by atoms with Gasteiger partial charge in [0.15, 0.2) is 9.84 Å². The molecule has 1 aromatic heterocycles. The molecular formula is C23H23FN2O3S. The number of halogens is 1. The fourth-order valence-electron chi connectivity index (χ4n) is 3.93. The summed E-state index contributed by atoms with van der Waals surface area (Å²) in [6, 6.07) is 11.1. The number of sulfone groups is 1. The first-order chi connectivity index (χ1) is 14.4. The third kappa shape index (κ3) is 3.77. The van der Waals surface area contributed by atoms with E-state index in [0.717, 1.165) is 22.0 Å². The summed E-state index contributed by atoms with van der Waals surface area (Å²) in [5.41, 5.74) is 3.05. The minimum Gasteiger partial charge on any atom is -0.360 e. The summed E-state index contributed by atoms with van der Waals surface area (Å²) in [5.74, 6) is -0.550. The Hall–Kier alpha value is -2.93. The molecule has 0 atom stereocenters. The highest BCUT2D eigenvalue weighted by Crippen LogP contribution is 2.30. The Morgan fingerprint density at radius 3 is 2.73 bits per heavy atom. The number of fused-ring (bicyclic) bond motifs is 1. The monoisotopic (exact) mass is 426 g/mol. The van der Waals surface area contributed by atoms with Crippen LogP contribution in [0.25, 0.3) is 16.5 Å². The van der Waals surface area contributed by atoms with Crippen LogP contribution in [0, 0.1) is 5.82 Å². The van der Waals surface area contributed by atoms with Gasteiger partial charge in [-0.1, -0.05) is 25.1 Å². The topological polar surface area (TPSA) is 70.2 Å². The summed E-state index contributed by atoms with van der Waals surface area (Å²) < 4.78 is 38.6. The lowest BCUT2D eigenvalue weighted by Crippen LogP contribution is -2.35. The van der Waals surface area contributed by atoms with Gasteiger partial charge in [-0.2, -0.15) is 0 Å². The van der Waals surface area contributed by atoms with E-state index in [0.29, 0.717) is 25.9 Å². The van der Waals surface area contributed by atoms with Crippen LogP contribution >= 0.6 is 0 Å². The van der Waals surface area contributed by atoms with Crippen molar-refractivity contribution in [2.24, 2.45) is 0 Å². The fraction of sp³-hybridized carbons (Fsp3) is 0.261. The summed E-state index contributed by atoms with van der Waals surface area (Å²) in [7, 11) is -3.50. The predicted octanol–water partition coefficient (Wildman–Crippen LogP) is 4.42. The van der Waals surface area contributed by atoms with Gasteiger partial charge in [0.25, 0.3) is 5.91 Å². The molecule has 7 heteroatoms. The maximum absolute atomic E-state index is 13.4. The van der Waals surface area contributed by atoms with E-state index in [1.807, 2.05) is 12.3 Å². The van der Waals surface area contributed by atoms with E-state index >= 15 is 0 Å². The average Bonchev–Trinajstić information content (AvgIpc) is 3.16. The Kier molecular flexibility index (Phi) is 5.47. The molecule has 0 bridgehead atoms. The van der Waals surface area contributed by atoms with Crippen molar-refractivity contribution in [1.29, 1.82) is 0 Å². The molecular weight excluding hydrogens is 403 g/mol. The van der Waals surface area contributed by atoms with E-state index in [1.165, 1.54) is 18.2 Å². The highest BCUT2D eigenvalue weighted by molar-refractivity contribution is 7.91. The van der Waals surface area contributed by atoms with Crippen LogP contribution in [0.2, 0.25) is 0 Å². The van der Waals surface area contributed by atoms with Gasteiger partial charge in [-0.3, -0.25) is 4.79 Å². The lowest BCUT2D eigenvalue weighted by Gasteiger charge is -2.27. The first-order valence-electron chi connectivity index (χ1n) is 9.98. The number of hydrogen-bond donors (Lipinski definition) is 1. The number of H-pyrrole nitrogens is 1. The van der Waals surface area contributed by atoms with Crippen LogP contribution in [-0.2, 0) is 9.84 Å². The Morgan fingerprint density at radius 2 is 2.00 bits per heavy atom. The molecule has 30 heavy (non-hydrogen) atoms. The lowest BCUT2D eigenvalue weighted by molar-refractivity contribution is 0.0769. The third-order valence-corrected chi connectivity index (χ3v) is 7.38. The predicted molar refractivity (Wildman–Crippen MR) is 116 cm³/mol. The van der Waals surface area contributed by atoms with Crippen LogP contribution in [0.5, 0.6) is 0 Å².